The van der Waals surface area contributed by atoms with E-state index in [2.05, 4.69) is 21.4 Å². The molecule has 2 heterocycles. The first-order chi connectivity index (χ1) is 13.5. The first-order valence-electron chi connectivity index (χ1n) is 8.81. The van der Waals surface area contributed by atoms with Gasteiger partial charge in [0, 0.05) is 28.4 Å². The number of carbonyl (C=O) groups is 1. The van der Waals surface area contributed by atoms with Gasteiger partial charge >= 0.3 is 0 Å². The molecule has 0 aliphatic carbocycles. The van der Waals surface area contributed by atoms with Crippen LogP contribution in [0.25, 0.3) is 0 Å². The Bertz CT molecular complexity index is 922. The number of rotatable bonds is 4. The molecule has 0 spiro atoms. The zero-order chi connectivity index (χ0) is 19.8. The first kappa shape index (κ1) is 19.0. The van der Waals surface area contributed by atoms with Crippen molar-refractivity contribution in [2.24, 2.45) is 5.92 Å². The van der Waals surface area contributed by atoms with Crippen LogP contribution in [0, 0.1) is 17.6 Å². The van der Waals surface area contributed by atoms with E-state index in [1.165, 1.54) is 23.1 Å². The predicted octanol–water partition coefficient (Wildman–Crippen LogP) is 3.08. The van der Waals surface area contributed by atoms with Crippen LogP contribution in [-0.2, 0) is 11.3 Å². The summed E-state index contributed by atoms with van der Waals surface area (Å²) < 4.78 is 28.0. The monoisotopic (exact) mass is 449 g/mol. The molecule has 0 bridgehead atoms. The van der Waals surface area contributed by atoms with Crippen LogP contribution < -0.4 is 5.43 Å². The SMILES string of the molecule is O=C1C2C(CO)C(c3ccc(F)cc3)NN2C=CN1Cc1ccc(Br)cc1F. The molecule has 0 radical (unpaired) electrons. The predicted molar refractivity (Wildman–Crippen MR) is 102 cm³/mol. The van der Waals surface area contributed by atoms with Gasteiger partial charge in [-0.2, -0.15) is 0 Å². The minimum absolute atomic E-state index is 0.0954. The number of nitrogens with one attached hydrogen (secondary N) is 1. The van der Waals surface area contributed by atoms with Gasteiger partial charge in [0.2, 0.25) is 0 Å². The fourth-order valence-electron chi connectivity index (χ4n) is 3.72. The van der Waals surface area contributed by atoms with Crippen LogP contribution in [0.4, 0.5) is 8.78 Å². The average Bonchev–Trinajstić information content (AvgIpc) is 3.06. The topological polar surface area (TPSA) is 55.8 Å². The number of amides is 1. The molecule has 28 heavy (non-hydrogen) atoms. The van der Waals surface area contributed by atoms with Crippen LogP contribution >= 0.6 is 15.9 Å². The van der Waals surface area contributed by atoms with Gasteiger partial charge in [0.05, 0.1) is 19.2 Å². The van der Waals surface area contributed by atoms with Gasteiger partial charge in [0.1, 0.15) is 17.7 Å². The maximum absolute atomic E-state index is 14.2. The van der Waals surface area contributed by atoms with Gasteiger partial charge in [-0.05, 0) is 29.8 Å². The Morgan fingerprint density at radius 3 is 2.54 bits per heavy atom. The summed E-state index contributed by atoms with van der Waals surface area (Å²) in [6.45, 7) is -0.131. The Morgan fingerprint density at radius 1 is 1.11 bits per heavy atom. The zero-order valence-corrected chi connectivity index (χ0v) is 16.3. The molecule has 2 aliphatic rings. The molecule has 2 aromatic carbocycles. The summed E-state index contributed by atoms with van der Waals surface area (Å²) in [5.74, 6) is -1.41. The number of nitrogens with zero attached hydrogens (tertiary/aromatic N) is 2. The third-order valence-electron chi connectivity index (χ3n) is 5.16. The summed E-state index contributed by atoms with van der Waals surface area (Å²) in [4.78, 5) is 14.5. The van der Waals surface area contributed by atoms with Crippen LogP contribution in [0.3, 0.4) is 0 Å². The molecular weight excluding hydrogens is 432 g/mol. The summed E-state index contributed by atoms with van der Waals surface area (Å²) in [7, 11) is 0. The number of hydrazine groups is 1. The molecule has 1 saturated heterocycles. The number of hydrogen-bond donors (Lipinski definition) is 2. The molecule has 5 nitrogen and oxygen atoms in total. The number of aliphatic hydroxyl groups excluding tert-OH is 1. The quantitative estimate of drug-likeness (QED) is 0.752. The van der Waals surface area contributed by atoms with Crippen LogP contribution in [0.15, 0.2) is 59.3 Å². The summed E-state index contributed by atoms with van der Waals surface area (Å²) in [6, 6.07) is 9.71. The Morgan fingerprint density at radius 2 is 1.86 bits per heavy atom. The Hall–Kier alpha value is -2.29. The van der Waals surface area contributed by atoms with Gasteiger partial charge in [-0.25, -0.2) is 14.2 Å². The largest absolute Gasteiger partial charge is 0.396 e. The number of benzene rings is 2. The van der Waals surface area contributed by atoms with Crippen LogP contribution in [0.2, 0.25) is 0 Å². The normalized spacial score (nSPS) is 24.0. The highest BCUT2D eigenvalue weighted by Gasteiger charge is 2.47. The van der Waals surface area contributed by atoms with E-state index in [1.54, 1.807) is 41.7 Å². The molecule has 2 aliphatic heterocycles. The minimum Gasteiger partial charge on any atom is -0.396 e. The van der Waals surface area contributed by atoms with E-state index in [4.69, 9.17) is 0 Å². The van der Waals surface area contributed by atoms with Crippen molar-refractivity contribution in [3.8, 4) is 0 Å². The summed E-state index contributed by atoms with van der Waals surface area (Å²) in [6.07, 6.45) is 3.30. The van der Waals surface area contributed by atoms with Gasteiger partial charge in [0.25, 0.3) is 5.91 Å². The number of fused-ring (bicyclic) bond motifs is 1. The van der Waals surface area contributed by atoms with Gasteiger partial charge in [0.15, 0.2) is 0 Å². The standard InChI is InChI=1S/C20H18BrF2N3O2/c21-14-4-1-13(17(23)9-14)10-25-7-8-26-19(20(25)28)16(11-27)18(24-26)12-2-5-15(22)6-3-12/h1-9,16,18-19,24,27H,10-11H2. The maximum Gasteiger partial charge on any atom is 0.251 e. The second-order valence-electron chi connectivity index (χ2n) is 6.86. The summed E-state index contributed by atoms with van der Waals surface area (Å²) in [5.41, 5.74) is 4.38. The molecular formula is C20H18BrF2N3O2. The molecule has 2 aromatic rings. The van der Waals surface area contributed by atoms with E-state index in [-0.39, 0.29) is 30.9 Å². The Labute approximate surface area is 169 Å². The lowest BCUT2D eigenvalue weighted by Crippen LogP contribution is -2.50. The van der Waals surface area contributed by atoms with Gasteiger partial charge in [-0.1, -0.05) is 34.1 Å². The fraction of sp³-hybridized carbons (Fsp3) is 0.250. The Balaban J connectivity index is 1.57. The van der Waals surface area contributed by atoms with E-state index in [0.29, 0.717) is 10.0 Å². The third-order valence-corrected chi connectivity index (χ3v) is 5.65. The second kappa shape index (κ2) is 7.62. The van der Waals surface area contributed by atoms with Crippen molar-refractivity contribution < 1.29 is 18.7 Å². The molecule has 1 fully saturated rings. The van der Waals surface area contributed by atoms with E-state index < -0.39 is 17.8 Å². The van der Waals surface area contributed by atoms with Crippen LogP contribution in [-0.4, -0.2) is 33.6 Å². The molecule has 3 unspecified atom stereocenters. The van der Waals surface area contributed by atoms with Crippen molar-refractivity contribution in [3.05, 3.63) is 82.1 Å². The third kappa shape index (κ3) is 3.43. The van der Waals surface area contributed by atoms with Crippen molar-refractivity contribution in [2.45, 2.75) is 18.6 Å². The first-order valence-corrected chi connectivity index (χ1v) is 9.61. The number of halogens is 3. The fourth-order valence-corrected chi connectivity index (χ4v) is 4.05. The smallest absolute Gasteiger partial charge is 0.251 e. The number of carbonyl (C=O) groups excluding carboxylic acids is 1. The van der Waals surface area contributed by atoms with E-state index in [0.717, 1.165) is 5.56 Å². The van der Waals surface area contributed by atoms with Crippen molar-refractivity contribution in [1.82, 2.24) is 15.3 Å². The second-order valence-corrected chi connectivity index (χ2v) is 7.77. The van der Waals surface area contributed by atoms with Crippen molar-refractivity contribution in [1.29, 1.82) is 0 Å². The summed E-state index contributed by atoms with van der Waals surface area (Å²) >= 11 is 3.22. The molecule has 4 rings (SSSR count). The highest BCUT2D eigenvalue weighted by atomic mass is 79.9. The summed E-state index contributed by atoms with van der Waals surface area (Å²) in [5, 5.41) is 11.6. The van der Waals surface area contributed by atoms with Crippen LogP contribution in [0.1, 0.15) is 17.2 Å². The molecule has 0 aromatic heterocycles. The lowest BCUT2D eigenvalue weighted by atomic mass is 9.89. The van der Waals surface area contributed by atoms with E-state index in [9.17, 15) is 18.7 Å². The van der Waals surface area contributed by atoms with Crippen molar-refractivity contribution in [3.63, 3.8) is 0 Å². The van der Waals surface area contributed by atoms with Gasteiger partial charge in [-0.3, -0.25) is 4.79 Å². The lowest BCUT2D eigenvalue weighted by molar-refractivity contribution is -0.136. The molecule has 3 atom stereocenters. The van der Waals surface area contributed by atoms with Gasteiger partial charge in [-0.15, -0.1) is 0 Å². The van der Waals surface area contributed by atoms with Crippen LogP contribution in [0.5, 0.6) is 0 Å². The zero-order valence-electron chi connectivity index (χ0n) is 14.7. The van der Waals surface area contributed by atoms with Gasteiger partial charge < -0.3 is 15.0 Å². The average molecular weight is 450 g/mol. The highest BCUT2D eigenvalue weighted by Crippen LogP contribution is 2.36. The van der Waals surface area contributed by atoms with Crippen molar-refractivity contribution >= 4 is 21.8 Å². The molecule has 1 amide bonds. The molecule has 8 heteroatoms. The molecule has 146 valence electrons. The highest BCUT2D eigenvalue weighted by molar-refractivity contribution is 9.10. The minimum atomic E-state index is -0.636. The Kier molecular flexibility index (Phi) is 5.18. The lowest BCUT2D eigenvalue weighted by Gasteiger charge is -2.33. The molecule has 2 N–H and O–H groups in total. The van der Waals surface area contributed by atoms with E-state index in [1.807, 2.05) is 0 Å². The van der Waals surface area contributed by atoms with Crippen molar-refractivity contribution in [2.75, 3.05) is 6.61 Å². The van der Waals surface area contributed by atoms with E-state index >= 15 is 0 Å². The number of aliphatic hydroxyl groups is 1. The maximum atomic E-state index is 14.2. The number of hydrogen-bond acceptors (Lipinski definition) is 4. The molecule has 0 saturated carbocycles.